The molecule has 1 aliphatic rings. The zero-order valence-corrected chi connectivity index (χ0v) is 21.2. The first-order valence-corrected chi connectivity index (χ1v) is 12.6. The van der Waals surface area contributed by atoms with Crippen LogP contribution in [0.15, 0.2) is 36.4 Å². The van der Waals surface area contributed by atoms with E-state index in [9.17, 15) is 14.4 Å². The molecule has 0 saturated carbocycles. The second-order valence-corrected chi connectivity index (χ2v) is 9.53. The van der Waals surface area contributed by atoms with Crippen LogP contribution in [0, 0.1) is 13.8 Å². The zero-order chi connectivity index (χ0) is 24.7. The van der Waals surface area contributed by atoms with Crippen LogP contribution < -0.4 is 10.1 Å². The summed E-state index contributed by atoms with van der Waals surface area (Å²) in [6, 6.07) is 11.3. The highest BCUT2D eigenvalue weighted by molar-refractivity contribution is 7.99. The minimum Gasteiger partial charge on any atom is -0.496 e. The van der Waals surface area contributed by atoms with Crippen LogP contribution in [-0.2, 0) is 15.3 Å². The smallest absolute Gasteiger partial charge is 0.238 e. The number of ketones is 1. The molecule has 34 heavy (non-hydrogen) atoms. The summed E-state index contributed by atoms with van der Waals surface area (Å²) in [7, 11) is 1.60. The largest absolute Gasteiger partial charge is 0.496 e. The molecule has 8 heteroatoms. The molecule has 0 unspecified atom stereocenters. The number of aryl methyl sites for hydroxylation is 2. The normalized spacial score (nSPS) is 14.1. The Kier molecular flexibility index (Phi) is 9.12. The van der Waals surface area contributed by atoms with E-state index in [1.54, 1.807) is 19.2 Å². The number of methoxy groups -OCH3 is 1. The highest BCUT2D eigenvalue weighted by atomic mass is 32.2. The SMILES string of the molecule is COc1ccc(C(C)=O)cc1CSCC(=O)N1CCN(CC(=O)Nc2c(C)cccc2C)CC1. The molecule has 3 rings (SSSR count). The number of Topliss-reactive ketones (excluding diaryl/α,β-unsaturated/α-hetero) is 1. The minimum atomic E-state index is -0.0329. The molecular weight excluding hydrogens is 450 g/mol. The van der Waals surface area contributed by atoms with Crippen LogP contribution in [0.1, 0.15) is 34.0 Å². The van der Waals surface area contributed by atoms with Crippen molar-refractivity contribution in [1.29, 1.82) is 0 Å². The number of rotatable bonds is 9. The van der Waals surface area contributed by atoms with Crippen molar-refractivity contribution in [2.45, 2.75) is 26.5 Å². The lowest BCUT2D eigenvalue weighted by Crippen LogP contribution is -2.50. The Morgan fingerprint density at radius 3 is 2.32 bits per heavy atom. The number of ether oxygens (including phenoxy) is 1. The van der Waals surface area contributed by atoms with Gasteiger partial charge in [0.1, 0.15) is 5.75 Å². The van der Waals surface area contributed by atoms with Crippen LogP contribution in [-0.4, -0.2) is 73.0 Å². The summed E-state index contributed by atoms with van der Waals surface area (Å²) in [5.41, 5.74) is 4.52. The number of hydrogen-bond donors (Lipinski definition) is 1. The third kappa shape index (κ3) is 6.84. The van der Waals surface area contributed by atoms with E-state index in [1.165, 1.54) is 18.7 Å². The molecule has 0 aliphatic carbocycles. The molecule has 0 bridgehead atoms. The highest BCUT2D eigenvalue weighted by Crippen LogP contribution is 2.25. The number of hydrogen-bond acceptors (Lipinski definition) is 6. The summed E-state index contributed by atoms with van der Waals surface area (Å²) in [5.74, 6) is 1.73. The third-order valence-corrected chi connectivity index (χ3v) is 6.97. The topological polar surface area (TPSA) is 79.0 Å². The number of nitrogens with one attached hydrogen (secondary N) is 1. The second-order valence-electron chi connectivity index (χ2n) is 8.55. The molecule has 1 heterocycles. The van der Waals surface area contributed by atoms with Crippen molar-refractivity contribution in [3.05, 3.63) is 58.7 Å². The molecule has 2 aromatic carbocycles. The minimum absolute atomic E-state index is 0.00516. The fourth-order valence-corrected chi connectivity index (χ4v) is 4.90. The van der Waals surface area contributed by atoms with Crippen molar-refractivity contribution in [3.63, 3.8) is 0 Å². The molecule has 0 radical (unpaired) electrons. The summed E-state index contributed by atoms with van der Waals surface area (Å²) in [6.07, 6.45) is 0. The van der Waals surface area contributed by atoms with E-state index in [0.717, 1.165) is 28.1 Å². The lowest BCUT2D eigenvalue weighted by molar-refractivity contribution is -0.130. The molecular formula is C26H33N3O4S. The number of amides is 2. The number of para-hydroxylation sites is 1. The fourth-order valence-electron chi connectivity index (χ4n) is 4.00. The quantitative estimate of drug-likeness (QED) is 0.550. The summed E-state index contributed by atoms with van der Waals surface area (Å²) in [4.78, 5) is 40.8. The van der Waals surface area contributed by atoms with Gasteiger partial charge in [-0.15, -0.1) is 11.8 Å². The predicted molar refractivity (Wildman–Crippen MR) is 137 cm³/mol. The van der Waals surface area contributed by atoms with Crippen molar-refractivity contribution < 1.29 is 19.1 Å². The molecule has 2 aromatic rings. The Labute approximate surface area is 205 Å². The number of thioether (sulfide) groups is 1. The van der Waals surface area contributed by atoms with Gasteiger partial charge >= 0.3 is 0 Å². The van der Waals surface area contributed by atoms with E-state index < -0.39 is 0 Å². The van der Waals surface area contributed by atoms with Crippen LogP contribution in [0.4, 0.5) is 5.69 Å². The number of anilines is 1. The summed E-state index contributed by atoms with van der Waals surface area (Å²) in [5, 5.41) is 3.03. The number of carbonyl (C=O) groups excluding carboxylic acids is 3. The maximum atomic E-state index is 12.7. The molecule has 1 aliphatic heterocycles. The van der Waals surface area contributed by atoms with Gasteiger partial charge in [0.15, 0.2) is 5.78 Å². The van der Waals surface area contributed by atoms with E-state index in [4.69, 9.17) is 4.74 Å². The first kappa shape index (κ1) is 25.8. The van der Waals surface area contributed by atoms with Gasteiger partial charge in [-0.25, -0.2) is 0 Å². The van der Waals surface area contributed by atoms with Crippen LogP contribution in [0.3, 0.4) is 0 Å². The third-order valence-electron chi connectivity index (χ3n) is 6.01. The van der Waals surface area contributed by atoms with Crippen molar-refractivity contribution in [2.24, 2.45) is 0 Å². The van der Waals surface area contributed by atoms with Gasteiger partial charge in [-0.2, -0.15) is 0 Å². The van der Waals surface area contributed by atoms with Crippen molar-refractivity contribution >= 4 is 35.0 Å². The monoisotopic (exact) mass is 483 g/mol. The maximum absolute atomic E-state index is 12.7. The molecule has 182 valence electrons. The molecule has 2 amide bonds. The lowest BCUT2D eigenvalue weighted by atomic mass is 10.1. The molecule has 7 nitrogen and oxygen atoms in total. The first-order chi connectivity index (χ1) is 16.3. The molecule has 1 saturated heterocycles. The van der Waals surface area contributed by atoms with Crippen LogP contribution in [0.2, 0.25) is 0 Å². The molecule has 0 spiro atoms. The fraction of sp³-hybridized carbons (Fsp3) is 0.423. The summed E-state index contributed by atoms with van der Waals surface area (Å²) < 4.78 is 5.39. The molecule has 1 fully saturated rings. The average Bonchev–Trinajstić information content (AvgIpc) is 2.81. The zero-order valence-electron chi connectivity index (χ0n) is 20.3. The Hall–Kier alpha value is -2.84. The van der Waals surface area contributed by atoms with E-state index in [0.29, 0.717) is 49.8 Å². The predicted octanol–water partition coefficient (Wildman–Crippen LogP) is 3.53. The first-order valence-electron chi connectivity index (χ1n) is 11.4. The Balaban J connectivity index is 1.43. The van der Waals surface area contributed by atoms with Crippen LogP contribution in [0.25, 0.3) is 0 Å². The average molecular weight is 484 g/mol. The molecule has 1 N–H and O–H groups in total. The number of piperazine rings is 1. The second kappa shape index (κ2) is 12.0. The number of benzene rings is 2. The van der Waals surface area contributed by atoms with Crippen LogP contribution in [0.5, 0.6) is 5.75 Å². The van der Waals surface area contributed by atoms with E-state index in [-0.39, 0.29) is 17.6 Å². The van der Waals surface area contributed by atoms with Crippen molar-refractivity contribution in [2.75, 3.05) is 50.9 Å². The Morgan fingerprint density at radius 1 is 1.03 bits per heavy atom. The van der Waals surface area contributed by atoms with E-state index in [1.807, 2.05) is 43.0 Å². The van der Waals surface area contributed by atoms with Crippen LogP contribution >= 0.6 is 11.8 Å². The van der Waals surface area contributed by atoms with Gasteiger partial charge in [-0.05, 0) is 50.1 Å². The molecule has 0 atom stereocenters. The Bertz CT molecular complexity index is 1030. The van der Waals surface area contributed by atoms with E-state index >= 15 is 0 Å². The van der Waals surface area contributed by atoms with Crippen molar-refractivity contribution in [1.82, 2.24) is 9.80 Å². The maximum Gasteiger partial charge on any atom is 0.238 e. The molecule has 0 aromatic heterocycles. The van der Waals surface area contributed by atoms with Gasteiger partial charge in [0.2, 0.25) is 11.8 Å². The standard InChI is InChI=1S/C26H33N3O4S/c1-18-6-5-7-19(2)26(18)27-24(31)15-28-10-12-29(13-11-28)25(32)17-34-16-22-14-21(20(3)30)8-9-23(22)33-4/h5-9,14H,10-13,15-17H2,1-4H3,(H,27,31). The number of carbonyl (C=O) groups is 3. The van der Waals surface area contributed by atoms with Gasteiger partial charge < -0.3 is 15.0 Å². The van der Waals surface area contributed by atoms with Gasteiger partial charge in [-0.3, -0.25) is 19.3 Å². The summed E-state index contributed by atoms with van der Waals surface area (Å²) in [6.45, 7) is 8.39. The van der Waals surface area contributed by atoms with Gasteiger partial charge in [0, 0.05) is 48.7 Å². The highest BCUT2D eigenvalue weighted by Gasteiger charge is 2.23. The van der Waals surface area contributed by atoms with Gasteiger partial charge in [-0.1, -0.05) is 18.2 Å². The summed E-state index contributed by atoms with van der Waals surface area (Å²) >= 11 is 1.51. The van der Waals surface area contributed by atoms with E-state index in [2.05, 4.69) is 10.2 Å². The lowest BCUT2D eigenvalue weighted by Gasteiger charge is -2.34. The number of nitrogens with zero attached hydrogens (tertiary/aromatic N) is 2. The van der Waals surface area contributed by atoms with Gasteiger partial charge in [0.25, 0.3) is 0 Å². The van der Waals surface area contributed by atoms with Crippen molar-refractivity contribution in [3.8, 4) is 5.75 Å². The van der Waals surface area contributed by atoms with Gasteiger partial charge in [0.05, 0.1) is 19.4 Å². The Morgan fingerprint density at radius 2 is 1.71 bits per heavy atom.